The van der Waals surface area contributed by atoms with E-state index in [4.69, 9.17) is 4.74 Å². The molecule has 1 aliphatic rings. The molecule has 4 heteroatoms. The lowest BCUT2D eigenvalue weighted by Crippen LogP contribution is -2.22. The zero-order valence-corrected chi connectivity index (χ0v) is 16.0. The van der Waals surface area contributed by atoms with Crippen LogP contribution in [0.4, 0.5) is 0 Å². The van der Waals surface area contributed by atoms with Crippen LogP contribution in [-0.4, -0.2) is 10.9 Å². The van der Waals surface area contributed by atoms with E-state index in [1.54, 1.807) is 6.20 Å². The standard InChI is InChI=1S/C23H30N2O2/c26-23(14-7-10-19-8-2-1-3-9-19)25-17-20-11-6-13-22(16-20)27-18-21-12-4-5-15-24-21/h4-6,11-13,15-16,19H,1-3,7-10,14,17-18H2,(H,25,26). The number of amides is 1. The number of rotatable bonds is 9. The molecule has 0 aliphatic heterocycles. The molecule has 0 radical (unpaired) electrons. The molecule has 1 aliphatic carbocycles. The molecule has 0 saturated heterocycles. The third-order valence-electron chi connectivity index (χ3n) is 5.24. The minimum atomic E-state index is 0.144. The van der Waals surface area contributed by atoms with E-state index in [2.05, 4.69) is 10.3 Å². The van der Waals surface area contributed by atoms with Gasteiger partial charge in [-0.1, -0.05) is 50.3 Å². The number of hydrogen-bond acceptors (Lipinski definition) is 3. The molecule has 1 fully saturated rings. The van der Waals surface area contributed by atoms with Gasteiger partial charge in [0.2, 0.25) is 5.91 Å². The topological polar surface area (TPSA) is 51.2 Å². The summed E-state index contributed by atoms with van der Waals surface area (Å²) in [6.45, 7) is 0.987. The Bertz CT molecular complexity index is 697. The van der Waals surface area contributed by atoms with Gasteiger partial charge in [0.25, 0.3) is 0 Å². The molecule has 4 nitrogen and oxygen atoms in total. The van der Waals surface area contributed by atoms with E-state index >= 15 is 0 Å². The van der Waals surface area contributed by atoms with E-state index < -0.39 is 0 Å². The quantitative estimate of drug-likeness (QED) is 0.677. The second kappa shape index (κ2) is 10.7. The maximum atomic E-state index is 12.1. The van der Waals surface area contributed by atoms with Crippen LogP contribution in [0.25, 0.3) is 0 Å². The van der Waals surface area contributed by atoms with Crippen LogP contribution in [0.15, 0.2) is 48.7 Å². The highest BCUT2D eigenvalue weighted by Crippen LogP contribution is 2.27. The van der Waals surface area contributed by atoms with Crippen molar-refractivity contribution in [3.05, 3.63) is 59.9 Å². The van der Waals surface area contributed by atoms with Crippen molar-refractivity contribution in [1.29, 1.82) is 0 Å². The molecule has 1 aromatic carbocycles. The first-order valence-electron chi connectivity index (χ1n) is 10.2. The van der Waals surface area contributed by atoms with Gasteiger partial charge < -0.3 is 10.1 Å². The summed E-state index contributed by atoms with van der Waals surface area (Å²) in [7, 11) is 0. The number of ether oxygens (including phenoxy) is 1. The Morgan fingerprint density at radius 2 is 2.00 bits per heavy atom. The number of nitrogens with one attached hydrogen (secondary N) is 1. The van der Waals surface area contributed by atoms with Crippen molar-refractivity contribution in [1.82, 2.24) is 10.3 Å². The van der Waals surface area contributed by atoms with Gasteiger partial charge in [0.1, 0.15) is 12.4 Å². The molecule has 144 valence electrons. The molecular formula is C23H30N2O2. The SMILES string of the molecule is O=C(CCCC1CCCCC1)NCc1cccc(OCc2ccccn2)c1. The molecule has 1 heterocycles. The van der Waals surface area contributed by atoms with Crippen molar-refractivity contribution in [3.63, 3.8) is 0 Å². The highest BCUT2D eigenvalue weighted by atomic mass is 16.5. The van der Waals surface area contributed by atoms with Gasteiger partial charge >= 0.3 is 0 Å². The van der Waals surface area contributed by atoms with Crippen molar-refractivity contribution in [3.8, 4) is 5.75 Å². The molecule has 0 unspecified atom stereocenters. The molecule has 2 aromatic rings. The van der Waals surface area contributed by atoms with E-state index in [0.717, 1.165) is 29.3 Å². The highest BCUT2D eigenvalue weighted by Gasteiger charge is 2.13. The normalized spacial score (nSPS) is 14.7. The lowest BCUT2D eigenvalue weighted by Gasteiger charge is -2.21. The Labute approximate surface area is 162 Å². The summed E-state index contributed by atoms with van der Waals surface area (Å²) < 4.78 is 5.80. The minimum absolute atomic E-state index is 0.144. The summed E-state index contributed by atoms with van der Waals surface area (Å²) in [5.41, 5.74) is 1.95. The monoisotopic (exact) mass is 366 g/mol. The van der Waals surface area contributed by atoms with Gasteiger partial charge in [0.15, 0.2) is 0 Å². The van der Waals surface area contributed by atoms with Crippen LogP contribution in [0.2, 0.25) is 0 Å². The maximum Gasteiger partial charge on any atom is 0.220 e. The van der Waals surface area contributed by atoms with Crippen LogP contribution in [0.5, 0.6) is 5.75 Å². The number of pyridine rings is 1. The van der Waals surface area contributed by atoms with Gasteiger partial charge in [0, 0.05) is 19.2 Å². The van der Waals surface area contributed by atoms with Gasteiger partial charge in [-0.05, 0) is 48.6 Å². The molecular weight excluding hydrogens is 336 g/mol. The average molecular weight is 367 g/mol. The van der Waals surface area contributed by atoms with Gasteiger partial charge in [-0.25, -0.2) is 0 Å². The van der Waals surface area contributed by atoms with Crippen LogP contribution in [0, 0.1) is 5.92 Å². The fourth-order valence-electron chi connectivity index (χ4n) is 3.70. The Balaban J connectivity index is 1.36. The van der Waals surface area contributed by atoms with Crippen molar-refractivity contribution < 1.29 is 9.53 Å². The van der Waals surface area contributed by atoms with E-state index in [1.165, 1.54) is 38.5 Å². The summed E-state index contributed by atoms with van der Waals surface area (Å²) >= 11 is 0. The molecule has 0 spiro atoms. The first-order valence-corrected chi connectivity index (χ1v) is 10.2. The summed E-state index contributed by atoms with van der Waals surface area (Å²) in [6, 6.07) is 13.7. The molecule has 1 aromatic heterocycles. The Morgan fingerprint density at radius 3 is 2.81 bits per heavy atom. The Morgan fingerprint density at radius 1 is 1.11 bits per heavy atom. The average Bonchev–Trinajstić information content (AvgIpc) is 2.73. The first-order chi connectivity index (χ1) is 13.3. The second-order valence-corrected chi connectivity index (χ2v) is 7.43. The first kappa shape index (κ1) is 19.4. The van der Waals surface area contributed by atoms with Crippen LogP contribution in [0.3, 0.4) is 0 Å². The van der Waals surface area contributed by atoms with Crippen LogP contribution < -0.4 is 10.1 Å². The summed E-state index contributed by atoms with van der Waals surface area (Å²) in [6.07, 6.45) is 11.4. The molecule has 27 heavy (non-hydrogen) atoms. The third kappa shape index (κ3) is 7.05. The number of nitrogens with zero attached hydrogens (tertiary/aromatic N) is 1. The summed E-state index contributed by atoms with van der Waals surface area (Å²) in [5.74, 6) is 1.79. The lowest BCUT2D eigenvalue weighted by atomic mass is 9.86. The highest BCUT2D eigenvalue weighted by molar-refractivity contribution is 5.75. The van der Waals surface area contributed by atoms with Crippen molar-refractivity contribution in [2.75, 3.05) is 0 Å². The van der Waals surface area contributed by atoms with Crippen LogP contribution in [0.1, 0.15) is 62.6 Å². The minimum Gasteiger partial charge on any atom is -0.487 e. The fraction of sp³-hybridized carbons (Fsp3) is 0.478. The predicted octanol–water partition coefficient (Wildman–Crippen LogP) is 5.03. The number of aromatic nitrogens is 1. The predicted molar refractivity (Wildman–Crippen MR) is 107 cm³/mol. The van der Waals surface area contributed by atoms with Crippen molar-refractivity contribution in [2.24, 2.45) is 5.92 Å². The third-order valence-corrected chi connectivity index (χ3v) is 5.24. The fourth-order valence-corrected chi connectivity index (χ4v) is 3.70. The van der Waals surface area contributed by atoms with Gasteiger partial charge in [-0.3, -0.25) is 9.78 Å². The summed E-state index contributed by atoms with van der Waals surface area (Å²) in [4.78, 5) is 16.4. The molecule has 3 rings (SSSR count). The smallest absolute Gasteiger partial charge is 0.220 e. The van der Waals surface area contributed by atoms with Crippen molar-refractivity contribution in [2.45, 2.75) is 64.5 Å². The van der Waals surface area contributed by atoms with Crippen LogP contribution >= 0.6 is 0 Å². The molecule has 1 N–H and O–H groups in total. The molecule has 0 atom stereocenters. The number of carbonyl (C=O) groups excluding carboxylic acids is 1. The van der Waals surface area contributed by atoms with E-state index in [0.29, 0.717) is 19.6 Å². The van der Waals surface area contributed by atoms with Gasteiger partial charge in [-0.15, -0.1) is 0 Å². The Kier molecular flexibility index (Phi) is 7.69. The zero-order valence-electron chi connectivity index (χ0n) is 16.0. The second-order valence-electron chi connectivity index (χ2n) is 7.43. The van der Waals surface area contributed by atoms with Gasteiger partial charge in [0.05, 0.1) is 5.69 Å². The molecule has 1 amide bonds. The lowest BCUT2D eigenvalue weighted by molar-refractivity contribution is -0.121. The van der Waals surface area contributed by atoms with E-state index in [1.807, 2.05) is 42.5 Å². The zero-order chi connectivity index (χ0) is 18.7. The molecule has 0 bridgehead atoms. The largest absolute Gasteiger partial charge is 0.487 e. The maximum absolute atomic E-state index is 12.1. The van der Waals surface area contributed by atoms with Gasteiger partial charge in [-0.2, -0.15) is 0 Å². The van der Waals surface area contributed by atoms with E-state index in [9.17, 15) is 4.79 Å². The number of benzene rings is 1. The summed E-state index contributed by atoms with van der Waals surface area (Å²) in [5, 5.41) is 3.03. The number of carbonyl (C=O) groups is 1. The number of hydrogen-bond donors (Lipinski definition) is 1. The molecule has 1 saturated carbocycles. The van der Waals surface area contributed by atoms with Crippen LogP contribution in [-0.2, 0) is 17.9 Å². The Hall–Kier alpha value is -2.36. The van der Waals surface area contributed by atoms with E-state index in [-0.39, 0.29) is 5.91 Å². The van der Waals surface area contributed by atoms with Crippen molar-refractivity contribution >= 4 is 5.91 Å².